The third-order valence-electron chi connectivity index (χ3n) is 3.95. The van der Waals surface area contributed by atoms with Gasteiger partial charge in [-0.2, -0.15) is 9.47 Å². The first-order valence-corrected chi connectivity index (χ1v) is 8.38. The number of aryl methyl sites for hydroxylation is 2. The van der Waals surface area contributed by atoms with Gasteiger partial charge >= 0.3 is 0 Å². The molecule has 0 unspecified atom stereocenters. The van der Waals surface area contributed by atoms with E-state index in [-0.39, 0.29) is 11.6 Å². The summed E-state index contributed by atoms with van der Waals surface area (Å²) < 4.78 is 19.0. The fraction of sp³-hybridized carbons (Fsp3) is 0.111. The summed E-state index contributed by atoms with van der Waals surface area (Å²) in [6, 6.07) is 11.0. The average molecular weight is 352 g/mol. The van der Waals surface area contributed by atoms with E-state index in [0.717, 1.165) is 21.6 Å². The molecule has 7 heteroatoms. The Balaban J connectivity index is 1.79. The van der Waals surface area contributed by atoms with Gasteiger partial charge in [-0.05, 0) is 54.9 Å². The van der Waals surface area contributed by atoms with Gasteiger partial charge in [-0.15, -0.1) is 0 Å². The second-order valence-electron chi connectivity index (χ2n) is 5.69. The zero-order chi connectivity index (χ0) is 17.6. The molecule has 0 aliphatic carbocycles. The highest BCUT2D eigenvalue weighted by Crippen LogP contribution is 2.29. The van der Waals surface area contributed by atoms with Crippen molar-refractivity contribution in [1.82, 2.24) is 19.1 Å². The number of carbonyl (C=O) groups excluding carboxylic acids is 1. The van der Waals surface area contributed by atoms with E-state index in [1.807, 2.05) is 20.0 Å². The normalized spacial score (nSPS) is 11.2. The molecule has 25 heavy (non-hydrogen) atoms. The van der Waals surface area contributed by atoms with Gasteiger partial charge in [0.1, 0.15) is 17.3 Å². The van der Waals surface area contributed by atoms with Crippen LogP contribution in [0.25, 0.3) is 21.6 Å². The minimum absolute atomic E-state index is 0.156. The number of rotatable bonds is 3. The van der Waals surface area contributed by atoms with Crippen molar-refractivity contribution >= 4 is 28.2 Å². The van der Waals surface area contributed by atoms with Crippen molar-refractivity contribution in [3.05, 3.63) is 65.2 Å². The van der Waals surface area contributed by atoms with Gasteiger partial charge in [-0.3, -0.25) is 9.48 Å². The summed E-state index contributed by atoms with van der Waals surface area (Å²) in [7, 11) is 1.83. The SMILES string of the molecule is Cc1nsc(-c2nn(C)c3cc(C(=O)c4ccc(F)cc4)ccc23)n1. The molecule has 0 saturated carbocycles. The number of halogens is 1. The predicted molar refractivity (Wildman–Crippen MR) is 94.2 cm³/mol. The Kier molecular flexibility index (Phi) is 3.65. The molecule has 124 valence electrons. The van der Waals surface area contributed by atoms with Crippen LogP contribution in [0.1, 0.15) is 21.7 Å². The highest BCUT2D eigenvalue weighted by atomic mass is 32.1. The average Bonchev–Trinajstić information content (AvgIpc) is 3.18. The van der Waals surface area contributed by atoms with E-state index in [2.05, 4.69) is 14.5 Å². The van der Waals surface area contributed by atoms with Crippen LogP contribution < -0.4 is 0 Å². The lowest BCUT2D eigenvalue weighted by atomic mass is 10.0. The summed E-state index contributed by atoms with van der Waals surface area (Å²) in [5, 5.41) is 6.18. The number of nitrogens with zero attached hydrogens (tertiary/aromatic N) is 4. The van der Waals surface area contributed by atoms with Gasteiger partial charge in [0.2, 0.25) is 0 Å². The molecule has 0 bridgehead atoms. The maximum absolute atomic E-state index is 13.0. The van der Waals surface area contributed by atoms with Gasteiger partial charge in [-0.25, -0.2) is 9.37 Å². The smallest absolute Gasteiger partial charge is 0.193 e. The highest BCUT2D eigenvalue weighted by molar-refractivity contribution is 7.09. The minimum atomic E-state index is -0.365. The standard InChI is InChI=1S/C18H13FN4OS/c1-10-20-18(25-22-10)16-14-8-5-12(9-15(14)23(2)21-16)17(24)11-3-6-13(19)7-4-11/h3-9H,1-2H3. The maximum Gasteiger partial charge on any atom is 0.193 e. The van der Waals surface area contributed by atoms with Gasteiger partial charge < -0.3 is 0 Å². The molecule has 4 aromatic rings. The Morgan fingerprint density at radius 2 is 1.84 bits per heavy atom. The molecule has 2 heterocycles. The lowest BCUT2D eigenvalue weighted by Gasteiger charge is -2.02. The molecule has 4 rings (SSSR count). The van der Waals surface area contributed by atoms with Gasteiger partial charge in [0.25, 0.3) is 0 Å². The minimum Gasteiger partial charge on any atom is -0.289 e. The van der Waals surface area contributed by atoms with Crippen LogP contribution in [0.3, 0.4) is 0 Å². The summed E-state index contributed by atoms with van der Waals surface area (Å²) in [4.78, 5) is 17.0. The third-order valence-corrected chi connectivity index (χ3v) is 4.76. The molecule has 0 atom stereocenters. The van der Waals surface area contributed by atoms with E-state index in [1.165, 1.54) is 35.8 Å². The van der Waals surface area contributed by atoms with Crippen LogP contribution in [-0.2, 0) is 7.05 Å². The zero-order valence-corrected chi connectivity index (χ0v) is 14.3. The van der Waals surface area contributed by atoms with Gasteiger partial charge in [0.05, 0.1) is 5.52 Å². The zero-order valence-electron chi connectivity index (χ0n) is 13.5. The monoisotopic (exact) mass is 352 g/mol. The van der Waals surface area contributed by atoms with Crippen LogP contribution in [0.2, 0.25) is 0 Å². The molecule has 0 radical (unpaired) electrons. The molecule has 0 spiro atoms. The summed E-state index contributed by atoms with van der Waals surface area (Å²) in [5.41, 5.74) is 2.56. The van der Waals surface area contributed by atoms with Crippen molar-refractivity contribution in [2.75, 3.05) is 0 Å². The second kappa shape index (κ2) is 5.86. The predicted octanol–water partition coefficient (Wildman–Crippen LogP) is 3.77. The first-order valence-electron chi connectivity index (χ1n) is 7.60. The number of hydrogen-bond acceptors (Lipinski definition) is 5. The van der Waals surface area contributed by atoms with E-state index < -0.39 is 0 Å². The second-order valence-corrected chi connectivity index (χ2v) is 6.44. The fourth-order valence-corrected chi connectivity index (χ4v) is 3.39. The lowest BCUT2D eigenvalue weighted by Crippen LogP contribution is -2.01. The molecular weight excluding hydrogens is 339 g/mol. The van der Waals surface area contributed by atoms with Crippen molar-refractivity contribution in [2.24, 2.45) is 7.05 Å². The molecule has 2 aromatic carbocycles. The summed E-state index contributed by atoms with van der Waals surface area (Å²) in [6.07, 6.45) is 0. The largest absolute Gasteiger partial charge is 0.289 e. The molecule has 0 fully saturated rings. The van der Waals surface area contributed by atoms with Crippen LogP contribution in [0.15, 0.2) is 42.5 Å². The Labute approximate surface area is 146 Å². The number of aromatic nitrogens is 4. The van der Waals surface area contributed by atoms with E-state index in [1.54, 1.807) is 16.8 Å². The molecule has 0 aliphatic rings. The van der Waals surface area contributed by atoms with E-state index >= 15 is 0 Å². The Hall–Kier alpha value is -2.93. The van der Waals surface area contributed by atoms with Gasteiger partial charge in [0.15, 0.2) is 10.8 Å². The van der Waals surface area contributed by atoms with Crippen LogP contribution in [-0.4, -0.2) is 24.9 Å². The lowest BCUT2D eigenvalue weighted by molar-refractivity contribution is 0.103. The topological polar surface area (TPSA) is 60.7 Å². The quantitative estimate of drug-likeness (QED) is 0.527. The summed E-state index contributed by atoms with van der Waals surface area (Å²) in [6.45, 7) is 1.84. The Bertz CT molecular complexity index is 1100. The number of hydrogen-bond donors (Lipinski definition) is 0. The van der Waals surface area contributed by atoms with E-state index in [0.29, 0.717) is 17.0 Å². The number of fused-ring (bicyclic) bond motifs is 1. The van der Waals surface area contributed by atoms with Crippen LogP contribution in [0.4, 0.5) is 4.39 Å². The Morgan fingerprint density at radius 1 is 1.12 bits per heavy atom. The first kappa shape index (κ1) is 15.6. The van der Waals surface area contributed by atoms with Crippen molar-refractivity contribution in [1.29, 1.82) is 0 Å². The molecule has 5 nitrogen and oxygen atoms in total. The number of carbonyl (C=O) groups is 1. The molecular formula is C18H13FN4OS. The maximum atomic E-state index is 13.0. The van der Waals surface area contributed by atoms with Gasteiger partial charge in [-0.1, -0.05) is 6.07 Å². The molecule has 0 amide bonds. The van der Waals surface area contributed by atoms with E-state index in [9.17, 15) is 9.18 Å². The highest BCUT2D eigenvalue weighted by Gasteiger charge is 2.17. The molecule has 2 aromatic heterocycles. The number of ketones is 1. The Morgan fingerprint density at radius 3 is 2.52 bits per heavy atom. The number of benzene rings is 2. The third kappa shape index (κ3) is 2.72. The van der Waals surface area contributed by atoms with Crippen LogP contribution in [0, 0.1) is 12.7 Å². The van der Waals surface area contributed by atoms with Crippen molar-refractivity contribution in [3.8, 4) is 10.7 Å². The summed E-state index contributed by atoms with van der Waals surface area (Å²) >= 11 is 1.30. The van der Waals surface area contributed by atoms with Crippen LogP contribution in [0.5, 0.6) is 0 Å². The van der Waals surface area contributed by atoms with E-state index in [4.69, 9.17) is 0 Å². The molecule has 0 aliphatic heterocycles. The molecule has 0 saturated heterocycles. The van der Waals surface area contributed by atoms with Crippen molar-refractivity contribution in [2.45, 2.75) is 6.92 Å². The van der Waals surface area contributed by atoms with Crippen LogP contribution >= 0.6 is 11.5 Å². The fourth-order valence-electron chi connectivity index (χ4n) is 2.72. The first-order chi connectivity index (χ1) is 12.0. The summed E-state index contributed by atoms with van der Waals surface area (Å²) in [5.74, 6) is 0.189. The van der Waals surface area contributed by atoms with Crippen molar-refractivity contribution < 1.29 is 9.18 Å². The van der Waals surface area contributed by atoms with Crippen molar-refractivity contribution in [3.63, 3.8) is 0 Å². The molecule has 0 N–H and O–H groups in total. The van der Waals surface area contributed by atoms with Gasteiger partial charge in [0, 0.05) is 23.6 Å².